The third-order valence-electron chi connectivity index (χ3n) is 2.39. The van der Waals surface area contributed by atoms with E-state index in [1.807, 2.05) is 0 Å². The van der Waals surface area contributed by atoms with Gasteiger partial charge in [-0.1, -0.05) is 0 Å². The van der Waals surface area contributed by atoms with Crippen LogP contribution in [0, 0.1) is 0 Å². The number of rotatable bonds is 3. The highest BCUT2D eigenvalue weighted by atomic mass is 35.5. The summed E-state index contributed by atoms with van der Waals surface area (Å²) in [6.07, 6.45) is 4.25. The normalized spacial score (nSPS) is 20.7. The molecule has 15 heavy (non-hydrogen) atoms. The molecule has 0 amide bonds. The Morgan fingerprint density at radius 3 is 2.93 bits per heavy atom. The van der Waals surface area contributed by atoms with Gasteiger partial charge < -0.3 is 10.5 Å². The Morgan fingerprint density at radius 2 is 2.27 bits per heavy atom. The van der Waals surface area contributed by atoms with Gasteiger partial charge in [0.15, 0.2) is 0 Å². The number of hydrogen-bond donors (Lipinski definition) is 1. The standard InChI is InChI=1S/C9H13ClN4O/c10-8-12-7(13-9(11)14-8)4-3-6-2-1-5-15-6/h6H,1-5H2,(H2,11,12,13,14). The Hall–Kier alpha value is -0.940. The number of aromatic nitrogens is 3. The number of nitrogens with two attached hydrogens (primary N) is 1. The zero-order valence-corrected chi connectivity index (χ0v) is 9.07. The maximum absolute atomic E-state index is 5.67. The quantitative estimate of drug-likeness (QED) is 0.842. The molecule has 5 nitrogen and oxygen atoms in total. The fraction of sp³-hybridized carbons (Fsp3) is 0.667. The van der Waals surface area contributed by atoms with E-state index in [1.54, 1.807) is 0 Å². The molecule has 0 aliphatic carbocycles. The molecule has 1 aliphatic heterocycles. The molecule has 1 saturated heterocycles. The molecule has 1 aliphatic rings. The van der Waals surface area contributed by atoms with Crippen molar-refractivity contribution in [2.75, 3.05) is 12.3 Å². The van der Waals surface area contributed by atoms with E-state index in [0.29, 0.717) is 11.9 Å². The monoisotopic (exact) mass is 228 g/mol. The summed E-state index contributed by atoms with van der Waals surface area (Å²) in [4.78, 5) is 11.7. The van der Waals surface area contributed by atoms with Crippen molar-refractivity contribution in [2.45, 2.75) is 31.8 Å². The molecule has 1 aromatic rings. The van der Waals surface area contributed by atoms with Crippen LogP contribution in [0.2, 0.25) is 5.28 Å². The average Bonchev–Trinajstić information content (AvgIpc) is 2.65. The van der Waals surface area contributed by atoms with Crippen LogP contribution >= 0.6 is 11.6 Å². The zero-order valence-electron chi connectivity index (χ0n) is 8.32. The summed E-state index contributed by atoms with van der Waals surface area (Å²) in [6, 6.07) is 0. The zero-order chi connectivity index (χ0) is 10.7. The number of aryl methyl sites for hydroxylation is 1. The van der Waals surface area contributed by atoms with E-state index in [0.717, 1.165) is 32.3 Å². The number of nitrogens with zero attached hydrogens (tertiary/aromatic N) is 3. The van der Waals surface area contributed by atoms with E-state index in [4.69, 9.17) is 22.1 Å². The Balaban J connectivity index is 1.92. The lowest BCUT2D eigenvalue weighted by Crippen LogP contribution is -2.09. The molecule has 0 saturated carbocycles. The van der Waals surface area contributed by atoms with Gasteiger partial charge in [0.05, 0.1) is 6.10 Å². The van der Waals surface area contributed by atoms with Crippen molar-refractivity contribution in [1.82, 2.24) is 15.0 Å². The molecule has 0 spiro atoms. The molecule has 1 fully saturated rings. The van der Waals surface area contributed by atoms with E-state index in [2.05, 4.69) is 15.0 Å². The van der Waals surface area contributed by atoms with Gasteiger partial charge >= 0.3 is 0 Å². The van der Waals surface area contributed by atoms with Gasteiger partial charge in [-0.15, -0.1) is 0 Å². The first-order valence-corrected chi connectivity index (χ1v) is 5.39. The molecule has 0 bridgehead atoms. The van der Waals surface area contributed by atoms with Crippen molar-refractivity contribution in [1.29, 1.82) is 0 Å². The second kappa shape index (κ2) is 4.72. The summed E-state index contributed by atoms with van der Waals surface area (Å²) in [6.45, 7) is 0.866. The molecule has 6 heteroatoms. The van der Waals surface area contributed by atoms with Crippen LogP contribution in [0.5, 0.6) is 0 Å². The number of anilines is 1. The minimum Gasteiger partial charge on any atom is -0.378 e. The van der Waals surface area contributed by atoms with Gasteiger partial charge in [0, 0.05) is 13.0 Å². The van der Waals surface area contributed by atoms with Gasteiger partial charge in [-0.25, -0.2) is 4.98 Å². The summed E-state index contributed by atoms with van der Waals surface area (Å²) in [5.74, 6) is 0.820. The predicted octanol–water partition coefficient (Wildman–Crippen LogP) is 1.22. The van der Waals surface area contributed by atoms with Gasteiger partial charge in [-0.3, -0.25) is 0 Å². The van der Waals surface area contributed by atoms with Crippen LogP contribution in [-0.2, 0) is 11.2 Å². The fourth-order valence-corrected chi connectivity index (χ4v) is 1.87. The first kappa shape index (κ1) is 10.6. The van der Waals surface area contributed by atoms with E-state index in [-0.39, 0.29) is 11.2 Å². The van der Waals surface area contributed by atoms with Crippen molar-refractivity contribution < 1.29 is 4.74 Å². The summed E-state index contributed by atoms with van der Waals surface area (Å²) >= 11 is 5.67. The van der Waals surface area contributed by atoms with Crippen LogP contribution in [0.3, 0.4) is 0 Å². The SMILES string of the molecule is Nc1nc(Cl)nc(CCC2CCCO2)n1. The fourth-order valence-electron chi connectivity index (χ4n) is 1.68. The molecule has 1 unspecified atom stereocenters. The van der Waals surface area contributed by atoms with Crippen LogP contribution in [0.1, 0.15) is 25.1 Å². The first-order valence-electron chi connectivity index (χ1n) is 5.01. The molecular weight excluding hydrogens is 216 g/mol. The lowest BCUT2D eigenvalue weighted by Gasteiger charge is -2.07. The van der Waals surface area contributed by atoms with Gasteiger partial charge in [-0.2, -0.15) is 9.97 Å². The van der Waals surface area contributed by atoms with Crippen LogP contribution < -0.4 is 5.73 Å². The Kier molecular flexibility index (Phi) is 3.33. The van der Waals surface area contributed by atoms with Crippen molar-refractivity contribution in [3.8, 4) is 0 Å². The van der Waals surface area contributed by atoms with Crippen molar-refractivity contribution in [3.63, 3.8) is 0 Å². The van der Waals surface area contributed by atoms with Crippen molar-refractivity contribution >= 4 is 17.5 Å². The maximum Gasteiger partial charge on any atom is 0.227 e. The highest BCUT2D eigenvalue weighted by Crippen LogP contribution is 2.17. The van der Waals surface area contributed by atoms with Crippen molar-refractivity contribution in [2.24, 2.45) is 0 Å². The summed E-state index contributed by atoms with van der Waals surface area (Å²) in [7, 11) is 0. The number of ether oxygens (including phenoxy) is 1. The van der Waals surface area contributed by atoms with E-state index in [1.165, 1.54) is 0 Å². The minimum atomic E-state index is 0.157. The van der Waals surface area contributed by atoms with E-state index in [9.17, 15) is 0 Å². The molecule has 2 heterocycles. The van der Waals surface area contributed by atoms with Gasteiger partial charge in [0.25, 0.3) is 0 Å². The molecular formula is C9H13ClN4O. The predicted molar refractivity (Wildman–Crippen MR) is 56.5 cm³/mol. The molecule has 2 N–H and O–H groups in total. The highest BCUT2D eigenvalue weighted by molar-refractivity contribution is 6.28. The average molecular weight is 229 g/mol. The van der Waals surface area contributed by atoms with Crippen LogP contribution in [-0.4, -0.2) is 27.7 Å². The number of nitrogen functional groups attached to an aromatic ring is 1. The minimum absolute atomic E-state index is 0.157. The van der Waals surface area contributed by atoms with Gasteiger partial charge in [0.1, 0.15) is 5.82 Å². The molecule has 82 valence electrons. The van der Waals surface area contributed by atoms with E-state index < -0.39 is 0 Å². The van der Waals surface area contributed by atoms with Gasteiger partial charge in [0.2, 0.25) is 11.2 Å². The summed E-state index contributed by atoms with van der Waals surface area (Å²) < 4.78 is 5.50. The Labute approximate surface area is 93.0 Å². The van der Waals surface area contributed by atoms with Crippen molar-refractivity contribution in [3.05, 3.63) is 11.1 Å². The third kappa shape index (κ3) is 3.00. The van der Waals surface area contributed by atoms with Crippen LogP contribution in [0.25, 0.3) is 0 Å². The molecule has 1 atom stereocenters. The summed E-state index contributed by atoms with van der Waals surface area (Å²) in [5.41, 5.74) is 5.47. The van der Waals surface area contributed by atoms with Crippen LogP contribution in [0.4, 0.5) is 5.95 Å². The lowest BCUT2D eigenvalue weighted by molar-refractivity contribution is 0.104. The third-order valence-corrected chi connectivity index (χ3v) is 2.55. The lowest BCUT2D eigenvalue weighted by atomic mass is 10.1. The Bertz CT molecular complexity index is 321. The smallest absolute Gasteiger partial charge is 0.227 e. The first-order chi connectivity index (χ1) is 7.24. The van der Waals surface area contributed by atoms with Crippen LogP contribution in [0.15, 0.2) is 0 Å². The molecule has 0 aromatic carbocycles. The second-order valence-electron chi connectivity index (χ2n) is 3.55. The van der Waals surface area contributed by atoms with E-state index >= 15 is 0 Å². The number of hydrogen-bond acceptors (Lipinski definition) is 5. The molecule has 2 rings (SSSR count). The highest BCUT2D eigenvalue weighted by Gasteiger charge is 2.16. The molecule has 0 radical (unpaired) electrons. The summed E-state index contributed by atoms with van der Waals surface area (Å²) in [5, 5.41) is 0.157. The second-order valence-corrected chi connectivity index (χ2v) is 3.89. The maximum atomic E-state index is 5.67. The Morgan fingerprint density at radius 1 is 1.40 bits per heavy atom. The van der Waals surface area contributed by atoms with Gasteiger partial charge in [-0.05, 0) is 30.9 Å². The largest absolute Gasteiger partial charge is 0.378 e. The molecule has 1 aromatic heterocycles. The topological polar surface area (TPSA) is 73.9 Å². The number of halogens is 1.